The standard InChI is InChI=1S/C13H17NO2/c1-10-12(15)7-8-13(16)14(10)9-11-5-3-2-4-6-11/h2-6,10,12,15H,7-9H2,1H3/t10-,12-/m0/s1. The van der Waals surface area contributed by atoms with Crippen molar-refractivity contribution >= 4 is 5.91 Å². The molecule has 0 bridgehead atoms. The summed E-state index contributed by atoms with van der Waals surface area (Å²) in [6.45, 7) is 2.50. The highest BCUT2D eigenvalue weighted by Gasteiger charge is 2.31. The molecule has 0 unspecified atom stereocenters. The van der Waals surface area contributed by atoms with Crippen molar-refractivity contribution in [1.29, 1.82) is 0 Å². The van der Waals surface area contributed by atoms with Crippen LogP contribution in [0.25, 0.3) is 0 Å². The predicted molar refractivity (Wildman–Crippen MR) is 61.7 cm³/mol. The SMILES string of the molecule is C[C@H]1[C@@H](O)CCC(=O)N1Cc1ccccc1. The molecule has 0 radical (unpaired) electrons. The van der Waals surface area contributed by atoms with E-state index < -0.39 is 0 Å². The van der Waals surface area contributed by atoms with E-state index in [1.54, 1.807) is 4.90 Å². The van der Waals surface area contributed by atoms with Crippen molar-refractivity contribution in [3.63, 3.8) is 0 Å². The van der Waals surface area contributed by atoms with Crippen molar-refractivity contribution in [1.82, 2.24) is 4.90 Å². The molecule has 1 N–H and O–H groups in total. The summed E-state index contributed by atoms with van der Waals surface area (Å²) in [6.07, 6.45) is 0.658. The van der Waals surface area contributed by atoms with Gasteiger partial charge in [-0.3, -0.25) is 4.79 Å². The topological polar surface area (TPSA) is 40.5 Å². The van der Waals surface area contributed by atoms with E-state index in [0.29, 0.717) is 19.4 Å². The Bertz CT molecular complexity index is 363. The van der Waals surface area contributed by atoms with Crippen LogP contribution in [0.3, 0.4) is 0 Å². The maximum Gasteiger partial charge on any atom is 0.223 e. The molecule has 0 saturated carbocycles. The van der Waals surface area contributed by atoms with Crippen LogP contribution in [-0.4, -0.2) is 28.1 Å². The summed E-state index contributed by atoms with van der Waals surface area (Å²) in [4.78, 5) is 13.5. The zero-order chi connectivity index (χ0) is 11.5. The van der Waals surface area contributed by atoms with Gasteiger partial charge < -0.3 is 10.0 Å². The molecule has 16 heavy (non-hydrogen) atoms. The van der Waals surface area contributed by atoms with Crippen LogP contribution in [-0.2, 0) is 11.3 Å². The van der Waals surface area contributed by atoms with E-state index in [9.17, 15) is 9.90 Å². The number of benzene rings is 1. The van der Waals surface area contributed by atoms with Crippen molar-refractivity contribution in [3.05, 3.63) is 35.9 Å². The molecule has 1 aromatic rings. The maximum absolute atomic E-state index is 11.8. The molecule has 0 aromatic heterocycles. The summed E-state index contributed by atoms with van der Waals surface area (Å²) in [5.41, 5.74) is 1.11. The molecule has 1 aliphatic heterocycles. The monoisotopic (exact) mass is 219 g/mol. The Morgan fingerprint density at radius 2 is 2.06 bits per heavy atom. The number of aliphatic hydroxyl groups is 1. The number of hydrogen-bond donors (Lipinski definition) is 1. The number of amides is 1. The Morgan fingerprint density at radius 1 is 1.38 bits per heavy atom. The number of aliphatic hydroxyl groups excluding tert-OH is 1. The fourth-order valence-corrected chi connectivity index (χ4v) is 2.10. The summed E-state index contributed by atoms with van der Waals surface area (Å²) in [6, 6.07) is 9.80. The van der Waals surface area contributed by atoms with E-state index in [1.807, 2.05) is 37.3 Å². The number of nitrogens with zero attached hydrogens (tertiary/aromatic N) is 1. The summed E-state index contributed by atoms with van der Waals surface area (Å²) < 4.78 is 0. The molecular formula is C13H17NO2. The number of piperidine rings is 1. The van der Waals surface area contributed by atoms with Crippen LogP contribution in [0.5, 0.6) is 0 Å². The molecule has 1 amide bonds. The first kappa shape index (κ1) is 11.1. The smallest absolute Gasteiger partial charge is 0.223 e. The van der Waals surface area contributed by atoms with Gasteiger partial charge in [0.2, 0.25) is 5.91 Å². The molecule has 3 nitrogen and oxygen atoms in total. The molecule has 0 spiro atoms. The van der Waals surface area contributed by atoms with Crippen molar-refractivity contribution in [3.8, 4) is 0 Å². The van der Waals surface area contributed by atoms with Crippen molar-refractivity contribution < 1.29 is 9.90 Å². The van der Waals surface area contributed by atoms with Gasteiger partial charge in [-0.15, -0.1) is 0 Å². The molecule has 2 rings (SSSR count). The minimum atomic E-state index is -0.388. The molecule has 1 heterocycles. The van der Waals surface area contributed by atoms with E-state index in [0.717, 1.165) is 5.56 Å². The Hall–Kier alpha value is -1.35. The zero-order valence-electron chi connectivity index (χ0n) is 9.47. The van der Waals surface area contributed by atoms with E-state index in [-0.39, 0.29) is 18.1 Å². The number of hydrogen-bond acceptors (Lipinski definition) is 2. The quantitative estimate of drug-likeness (QED) is 0.820. The molecule has 1 aromatic carbocycles. The lowest BCUT2D eigenvalue weighted by Gasteiger charge is -2.36. The van der Waals surface area contributed by atoms with Crippen LogP contribution in [0, 0.1) is 0 Å². The van der Waals surface area contributed by atoms with Crippen molar-refractivity contribution in [2.45, 2.75) is 38.5 Å². The molecular weight excluding hydrogens is 202 g/mol. The van der Waals surface area contributed by atoms with E-state index in [1.165, 1.54) is 0 Å². The van der Waals surface area contributed by atoms with Gasteiger partial charge in [0.05, 0.1) is 12.1 Å². The summed E-state index contributed by atoms with van der Waals surface area (Å²) >= 11 is 0. The van der Waals surface area contributed by atoms with Gasteiger partial charge in [0.15, 0.2) is 0 Å². The molecule has 1 saturated heterocycles. The highest BCUT2D eigenvalue weighted by molar-refractivity contribution is 5.77. The lowest BCUT2D eigenvalue weighted by molar-refractivity contribution is -0.141. The predicted octanol–water partition coefficient (Wildman–Crippen LogP) is 1.56. The second kappa shape index (κ2) is 4.66. The first-order valence-corrected chi connectivity index (χ1v) is 5.70. The fourth-order valence-electron chi connectivity index (χ4n) is 2.10. The molecule has 2 atom stereocenters. The first-order valence-electron chi connectivity index (χ1n) is 5.70. The van der Waals surface area contributed by atoms with Gasteiger partial charge in [-0.05, 0) is 18.9 Å². The maximum atomic E-state index is 11.8. The summed E-state index contributed by atoms with van der Waals surface area (Å²) in [5, 5.41) is 9.75. The Morgan fingerprint density at radius 3 is 2.75 bits per heavy atom. The second-order valence-electron chi connectivity index (χ2n) is 4.35. The van der Waals surface area contributed by atoms with Crippen LogP contribution in [0.4, 0.5) is 0 Å². The number of carbonyl (C=O) groups excluding carboxylic acids is 1. The minimum Gasteiger partial charge on any atom is -0.391 e. The lowest BCUT2D eigenvalue weighted by atomic mass is 9.99. The average Bonchev–Trinajstić information content (AvgIpc) is 2.31. The van der Waals surface area contributed by atoms with Crippen LogP contribution < -0.4 is 0 Å². The molecule has 3 heteroatoms. The van der Waals surface area contributed by atoms with Crippen molar-refractivity contribution in [2.24, 2.45) is 0 Å². The first-order chi connectivity index (χ1) is 7.68. The number of carbonyl (C=O) groups is 1. The fraction of sp³-hybridized carbons (Fsp3) is 0.462. The Balaban J connectivity index is 2.10. The van der Waals surface area contributed by atoms with Gasteiger partial charge in [-0.25, -0.2) is 0 Å². The van der Waals surface area contributed by atoms with Crippen LogP contribution in [0.1, 0.15) is 25.3 Å². The molecule has 1 aliphatic rings. The third kappa shape index (κ3) is 2.25. The average molecular weight is 219 g/mol. The van der Waals surface area contributed by atoms with Crippen LogP contribution in [0.2, 0.25) is 0 Å². The Labute approximate surface area is 95.7 Å². The highest BCUT2D eigenvalue weighted by atomic mass is 16.3. The van der Waals surface area contributed by atoms with Gasteiger partial charge in [0, 0.05) is 13.0 Å². The molecule has 0 aliphatic carbocycles. The molecule has 1 fully saturated rings. The van der Waals surface area contributed by atoms with Crippen LogP contribution >= 0.6 is 0 Å². The van der Waals surface area contributed by atoms with Gasteiger partial charge in [-0.2, -0.15) is 0 Å². The second-order valence-corrected chi connectivity index (χ2v) is 4.35. The lowest BCUT2D eigenvalue weighted by Crippen LogP contribution is -2.48. The summed E-state index contributed by atoms with van der Waals surface area (Å²) in [7, 11) is 0. The van der Waals surface area contributed by atoms with Crippen molar-refractivity contribution in [2.75, 3.05) is 0 Å². The largest absolute Gasteiger partial charge is 0.391 e. The highest BCUT2D eigenvalue weighted by Crippen LogP contribution is 2.20. The normalized spacial score (nSPS) is 25.9. The third-order valence-corrected chi connectivity index (χ3v) is 3.22. The number of likely N-dealkylation sites (tertiary alicyclic amines) is 1. The van der Waals surface area contributed by atoms with Crippen LogP contribution in [0.15, 0.2) is 30.3 Å². The van der Waals surface area contributed by atoms with Gasteiger partial charge in [0.1, 0.15) is 0 Å². The van der Waals surface area contributed by atoms with Gasteiger partial charge >= 0.3 is 0 Å². The number of rotatable bonds is 2. The van der Waals surface area contributed by atoms with Gasteiger partial charge in [-0.1, -0.05) is 30.3 Å². The minimum absolute atomic E-state index is 0.0820. The molecule has 86 valence electrons. The third-order valence-electron chi connectivity index (χ3n) is 3.22. The van der Waals surface area contributed by atoms with E-state index in [4.69, 9.17) is 0 Å². The van der Waals surface area contributed by atoms with Gasteiger partial charge in [0.25, 0.3) is 0 Å². The van der Waals surface area contributed by atoms with E-state index >= 15 is 0 Å². The van der Waals surface area contributed by atoms with E-state index in [2.05, 4.69) is 0 Å². The Kier molecular flexibility index (Phi) is 3.25. The summed E-state index contributed by atoms with van der Waals surface area (Å²) in [5.74, 6) is 0.140. The zero-order valence-corrected chi connectivity index (χ0v) is 9.47.